The Morgan fingerprint density at radius 2 is 1.91 bits per heavy atom. The molecule has 0 atom stereocenters. The highest BCUT2D eigenvalue weighted by Gasteiger charge is 2.15. The van der Waals surface area contributed by atoms with E-state index in [4.69, 9.17) is 4.74 Å². The molecule has 120 valence electrons. The van der Waals surface area contributed by atoms with Crippen LogP contribution in [0.3, 0.4) is 0 Å². The first-order valence-corrected chi connectivity index (χ1v) is 8.11. The lowest BCUT2D eigenvalue weighted by molar-refractivity contribution is 0.0744. The van der Waals surface area contributed by atoms with Gasteiger partial charge in [0.05, 0.1) is 6.61 Å². The molecule has 0 unspecified atom stereocenters. The SMILES string of the molecule is C=Cc1ccc(C(=O)N2CCCCCOCCNCC2)cc1. The van der Waals surface area contributed by atoms with E-state index in [1.54, 1.807) is 6.08 Å². The van der Waals surface area contributed by atoms with Crippen molar-refractivity contribution in [2.75, 3.05) is 39.4 Å². The molecule has 4 nitrogen and oxygen atoms in total. The summed E-state index contributed by atoms with van der Waals surface area (Å²) in [5.74, 6) is 0.116. The second-order valence-electron chi connectivity index (χ2n) is 5.54. The van der Waals surface area contributed by atoms with E-state index < -0.39 is 0 Å². The van der Waals surface area contributed by atoms with Crippen LogP contribution in [0.1, 0.15) is 35.2 Å². The normalized spacial score (nSPS) is 18.1. The molecule has 0 saturated carbocycles. The van der Waals surface area contributed by atoms with Crippen LogP contribution in [0.5, 0.6) is 0 Å². The minimum atomic E-state index is 0.116. The minimum Gasteiger partial charge on any atom is -0.380 e. The fourth-order valence-electron chi connectivity index (χ4n) is 2.53. The number of hydrogen-bond donors (Lipinski definition) is 1. The van der Waals surface area contributed by atoms with Gasteiger partial charge in [0.25, 0.3) is 5.91 Å². The number of hydrogen-bond acceptors (Lipinski definition) is 3. The van der Waals surface area contributed by atoms with E-state index in [-0.39, 0.29) is 5.91 Å². The van der Waals surface area contributed by atoms with Gasteiger partial charge in [-0.1, -0.05) is 24.8 Å². The van der Waals surface area contributed by atoms with Gasteiger partial charge in [-0.3, -0.25) is 4.79 Å². The maximum absolute atomic E-state index is 12.7. The predicted octanol–water partition coefficient (Wildman–Crippen LogP) is 2.56. The lowest BCUT2D eigenvalue weighted by atomic mass is 10.1. The summed E-state index contributed by atoms with van der Waals surface area (Å²) >= 11 is 0. The molecule has 4 heteroatoms. The molecule has 1 aliphatic rings. The Morgan fingerprint density at radius 1 is 1.09 bits per heavy atom. The number of benzene rings is 1. The number of nitrogens with one attached hydrogen (secondary N) is 1. The van der Waals surface area contributed by atoms with Gasteiger partial charge in [0.2, 0.25) is 0 Å². The van der Waals surface area contributed by atoms with E-state index in [1.807, 2.05) is 29.2 Å². The van der Waals surface area contributed by atoms with Crippen LogP contribution >= 0.6 is 0 Å². The molecule has 1 saturated heterocycles. The average molecular weight is 302 g/mol. The summed E-state index contributed by atoms with van der Waals surface area (Å²) in [4.78, 5) is 14.6. The third-order valence-corrected chi connectivity index (χ3v) is 3.88. The number of nitrogens with zero attached hydrogens (tertiary/aromatic N) is 1. The lowest BCUT2D eigenvalue weighted by Crippen LogP contribution is -2.38. The highest BCUT2D eigenvalue weighted by Crippen LogP contribution is 2.10. The highest BCUT2D eigenvalue weighted by atomic mass is 16.5. The van der Waals surface area contributed by atoms with Crippen molar-refractivity contribution in [2.45, 2.75) is 19.3 Å². The Kier molecular flexibility index (Phi) is 7.13. The number of carbonyl (C=O) groups excluding carboxylic acids is 1. The first kappa shape index (κ1) is 16.7. The molecule has 1 N–H and O–H groups in total. The van der Waals surface area contributed by atoms with Gasteiger partial charge in [0, 0.05) is 38.3 Å². The number of ether oxygens (including phenoxy) is 1. The number of rotatable bonds is 2. The Hall–Kier alpha value is -1.65. The van der Waals surface area contributed by atoms with Crippen LogP contribution in [-0.4, -0.2) is 50.2 Å². The van der Waals surface area contributed by atoms with E-state index in [9.17, 15) is 4.79 Å². The molecular formula is C18H26N2O2. The summed E-state index contributed by atoms with van der Waals surface area (Å²) in [5.41, 5.74) is 1.79. The fraction of sp³-hybridized carbons (Fsp3) is 0.500. The maximum atomic E-state index is 12.7. The van der Waals surface area contributed by atoms with Gasteiger partial charge in [-0.2, -0.15) is 0 Å². The van der Waals surface area contributed by atoms with Crippen molar-refractivity contribution in [1.82, 2.24) is 10.2 Å². The second-order valence-corrected chi connectivity index (χ2v) is 5.54. The minimum absolute atomic E-state index is 0.116. The summed E-state index contributed by atoms with van der Waals surface area (Å²) in [5, 5.41) is 3.33. The zero-order valence-corrected chi connectivity index (χ0v) is 13.2. The Balaban J connectivity index is 1.97. The molecule has 0 radical (unpaired) electrons. The molecule has 1 aromatic carbocycles. The van der Waals surface area contributed by atoms with E-state index >= 15 is 0 Å². The van der Waals surface area contributed by atoms with Crippen LogP contribution in [0.4, 0.5) is 0 Å². The van der Waals surface area contributed by atoms with Gasteiger partial charge in [-0.15, -0.1) is 0 Å². The summed E-state index contributed by atoms with van der Waals surface area (Å²) in [7, 11) is 0. The molecule has 0 bridgehead atoms. The van der Waals surface area contributed by atoms with Crippen LogP contribution < -0.4 is 5.32 Å². The zero-order valence-electron chi connectivity index (χ0n) is 13.2. The predicted molar refractivity (Wildman–Crippen MR) is 90.0 cm³/mol. The third-order valence-electron chi connectivity index (χ3n) is 3.88. The zero-order chi connectivity index (χ0) is 15.6. The van der Waals surface area contributed by atoms with Gasteiger partial charge in [-0.05, 0) is 37.0 Å². The van der Waals surface area contributed by atoms with Crippen molar-refractivity contribution in [2.24, 2.45) is 0 Å². The quantitative estimate of drug-likeness (QED) is 0.913. The molecule has 2 rings (SSSR count). The van der Waals surface area contributed by atoms with Crippen LogP contribution in [-0.2, 0) is 4.74 Å². The van der Waals surface area contributed by atoms with Crippen LogP contribution in [0.15, 0.2) is 30.8 Å². The Bertz CT molecular complexity index is 458. The first-order chi connectivity index (χ1) is 10.8. The molecule has 1 aliphatic heterocycles. The Morgan fingerprint density at radius 3 is 2.68 bits per heavy atom. The van der Waals surface area contributed by atoms with Crippen LogP contribution in [0, 0.1) is 0 Å². The molecule has 0 aromatic heterocycles. The lowest BCUT2D eigenvalue weighted by Gasteiger charge is -2.24. The number of amides is 1. The molecule has 0 aliphatic carbocycles. The second kappa shape index (κ2) is 9.38. The van der Waals surface area contributed by atoms with Crippen molar-refractivity contribution in [3.05, 3.63) is 42.0 Å². The summed E-state index contributed by atoms with van der Waals surface area (Å²) in [6, 6.07) is 7.64. The van der Waals surface area contributed by atoms with E-state index in [2.05, 4.69) is 11.9 Å². The standard InChI is InChI=1S/C18H26N2O2/c1-2-16-6-8-17(9-7-16)18(21)20-12-4-3-5-14-22-15-11-19-10-13-20/h2,6-9,19H,1,3-5,10-15H2. The molecule has 22 heavy (non-hydrogen) atoms. The molecular weight excluding hydrogens is 276 g/mol. The fourth-order valence-corrected chi connectivity index (χ4v) is 2.53. The van der Waals surface area contributed by atoms with Crippen molar-refractivity contribution in [3.8, 4) is 0 Å². The van der Waals surface area contributed by atoms with Crippen LogP contribution in [0.2, 0.25) is 0 Å². The summed E-state index contributed by atoms with van der Waals surface area (Å²) in [6.45, 7) is 8.50. The van der Waals surface area contributed by atoms with Crippen molar-refractivity contribution < 1.29 is 9.53 Å². The maximum Gasteiger partial charge on any atom is 0.253 e. The van der Waals surface area contributed by atoms with Crippen molar-refractivity contribution in [3.63, 3.8) is 0 Å². The Labute approximate surface area is 133 Å². The van der Waals surface area contributed by atoms with Gasteiger partial charge in [0.1, 0.15) is 0 Å². The van der Waals surface area contributed by atoms with Gasteiger partial charge < -0.3 is 15.0 Å². The smallest absolute Gasteiger partial charge is 0.253 e. The largest absolute Gasteiger partial charge is 0.380 e. The summed E-state index contributed by atoms with van der Waals surface area (Å²) in [6.07, 6.45) is 4.99. The van der Waals surface area contributed by atoms with Crippen molar-refractivity contribution >= 4 is 12.0 Å². The molecule has 1 fully saturated rings. The highest BCUT2D eigenvalue weighted by molar-refractivity contribution is 5.94. The van der Waals surface area contributed by atoms with E-state index in [0.29, 0.717) is 0 Å². The van der Waals surface area contributed by atoms with Gasteiger partial charge in [-0.25, -0.2) is 0 Å². The molecule has 0 spiro atoms. The summed E-state index contributed by atoms with van der Waals surface area (Å²) < 4.78 is 5.52. The third kappa shape index (κ3) is 5.28. The van der Waals surface area contributed by atoms with Gasteiger partial charge >= 0.3 is 0 Å². The van der Waals surface area contributed by atoms with E-state index in [0.717, 1.165) is 69.8 Å². The molecule has 1 aromatic rings. The molecule has 1 heterocycles. The topological polar surface area (TPSA) is 41.6 Å². The number of carbonyl (C=O) groups is 1. The average Bonchev–Trinajstić information content (AvgIpc) is 2.55. The monoisotopic (exact) mass is 302 g/mol. The van der Waals surface area contributed by atoms with E-state index in [1.165, 1.54) is 0 Å². The van der Waals surface area contributed by atoms with Gasteiger partial charge in [0.15, 0.2) is 0 Å². The van der Waals surface area contributed by atoms with Crippen LogP contribution in [0.25, 0.3) is 6.08 Å². The first-order valence-electron chi connectivity index (χ1n) is 8.11. The van der Waals surface area contributed by atoms with Crippen molar-refractivity contribution in [1.29, 1.82) is 0 Å². The molecule has 1 amide bonds.